The highest BCUT2D eigenvalue weighted by Gasteiger charge is 2.21. The Labute approximate surface area is 290 Å². The average molecular weight is 637 g/mol. The third-order valence-electron chi connectivity index (χ3n) is 10.1. The second-order valence-corrected chi connectivity index (χ2v) is 12.9. The Morgan fingerprint density at radius 2 is 0.740 bits per heavy atom. The first-order chi connectivity index (χ1) is 24.8. The molecule has 0 N–H and O–H groups in total. The lowest BCUT2D eigenvalue weighted by molar-refractivity contribution is 1.17. The number of fused-ring (bicyclic) bond motifs is 6. The van der Waals surface area contributed by atoms with E-state index in [1.807, 2.05) is 0 Å². The van der Waals surface area contributed by atoms with Gasteiger partial charge in [0.15, 0.2) is 0 Å². The lowest BCUT2D eigenvalue weighted by Crippen LogP contribution is -1.96. The number of para-hydroxylation sites is 2. The molecule has 0 fully saturated rings. The van der Waals surface area contributed by atoms with E-state index in [0.29, 0.717) is 0 Å². The molecule has 2 aromatic heterocycles. The summed E-state index contributed by atoms with van der Waals surface area (Å²) in [5.41, 5.74) is 14.5. The Bertz CT molecular complexity index is 2840. The zero-order chi connectivity index (χ0) is 33.0. The van der Waals surface area contributed by atoms with Crippen LogP contribution in [0.15, 0.2) is 194 Å². The van der Waals surface area contributed by atoms with Crippen LogP contribution in [0.2, 0.25) is 0 Å². The molecular weight excluding hydrogens is 605 g/mol. The van der Waals surface area contributed by atoms with Crippen molar-refractivity contribution in [1.82, 2.24) is 9.13 Å². The van der Waals surface area contributed by atoms with E-state index in [0.717, 1.165) is 5.69 Å². The second kappa shape index (κ2) is 11.5. The highest BCUT2D eigenvalue weighted by molar-refractivity contribution is 6.19. The first-order valence-electron chi connectivity index (χ1n) is 17.2. The molecule has 0 spiro atoms. The maximum atomic E-state index is 2.48. The van der Waals surface area contributed by atoms with Crippen molar-refractivity contribution in [3.8, 4) is 44.8 Å². The second-order valence-electron chi connectivity index (χ2n) is 12.9. The van der Waals surface area contributed by atoms with Gasteiger partial charge in [0.25, 0.3) is 0 Å². The molecular formula is C48H32N2. The zero-order valence-corrected chi connectivity index (χ0v) is 27.4. The van der Waals surface area contributed by atoms with Crippen LogP contribution in [-0.2, 0) is 0 Å². The van der Waals surface area contributed by atoms with Gasteiger partial charge in [-0.1, -0.05) is 152 Å². The van der Waals surface area contributed by atoms with Crippen molar-refractivity contribution in [2.75, 3.05) is 0 Å². The number of nitrogens with zero attached hydrogens (tertiary/aromatic N) is 2. The number of aromatic nitrogens is 2. The molecule has 2 heteroatoms. The van der Waals surface area contributed by atoms with E-state index in [1.54, 1.807) is 0 Å². The van der Waals surface area contributed by atoms with E-state index in [9.17, 15) is 0 Å². The summed E-state index contributed by atoms with van der Waals surface area (Å²) in [6, 6.07) is 70.3. The van der Waals surface area contributed by atoms with E-state index in [1.165, 1.54) is 82.7 Å². The largest absolute Gasteiger partial charge is 0.309 e. The van der Waals surface area contributed by atoms with Crippen molar-refractivity contribution in [3.63, 3.8) is 0 Å². The lowest BCUT2D eigenvalue weighted by Gasteiger charge is -2.13. The van der Waals surface area contributed by atoms with E-state index in [2.05, 4.69) is 203 Å². The van der Waals surface area contributed by atoms with Crippen LogP contribution in [0.25, 0.3) is 88.4 Å². The highest BCUT2D eigenvalue weighted by atomic mass is 15.0. The molecule has 10 aromatic rings. The topological polar surface area (TPSA) is 9.86 Å². The molecule has 2 nitrogen and oxygen atoms in total. The van der Waals surface area contributed by atoms with E-state index < -0.39 is 0 Å². The van der Waals surface area contributed by atoms with Crippen LogP contribution in [0.5, 0.6) is 0 Å². The molecule has 0 bridgehead atoms. The number of rotatable bonds is 5. The summed E-state index contributed by atoms with van der Waals surface area (Å²) in [6.45, 7) is 0. The molecule has 0 saturated carbocycles. The third-order valence-corrected chi connectivity index (χ3v) is 10.1. The normalized spacial score (nSPS) is 11.6. The summed E-state index contributed by atoms with van der Waals surface area (Å²) in [5.74, 6) is 0. The molecule has 0 amide bonds. The molecule has 10 rings (SSSR count). The average Bonchev–Trinajstić information content (AvgIpc) is 3.72. The van der Waals surface area contributed by atoms with Gasteiger partial charge in [0, 0.05) is 27.2 Å². The van der Waals surface area contributed by atoms with Crippen molar-refractivity contribution in [2.24, 2.45) is 0 Å². The summed E-state index contributed by atoms with van der Waals surface area (Å²) >= 11 is 0. The van der Waals surface area contributed by atoms with Crippen LogP contribution in [0.1, 0.15) is 0 Å². The van der Waals surface area contributed by atoms with Gasteiger partial charge in [-0.2, -0.15) is 0 Å². The molecule has 0 aliphatic rings. The Balaban J connectivity index is 1.24. The van der Waals surface area contributed by atoms with Gasteiger partial charge in [-0.3, -0.25) is 0 Å². The molecule has 0 saturated heterocycles. The number of hydrogen-bond acceptors (Lipinski definition) is 0. The van der Waals surface area contributed by atoms with Gasteiger partial charge in [0.2, 0.25) is 0 Å². The standard InChI is InChI=1S/C48H32N2/c1-3-15-33(16-4-1)34-29-31-36(32-30-34)49-42-24-11-10-22-41(42)48-45(49)27-14-28-46(48)50-43-25-12-9-21-40(43)47-39(23-13-26-44(47)50)38-20-8-7-19-37(38)35-17-5-2-6-18-35/h1-32H. The van der Waals surface area contributed by atoms with Gasteiger partial charge < -0.3 is 9.13 Å². The molecule has 2 heterocycles. The SMILES string of the molecule is c1ccc(-c2ccc(-n3c4ccccc4c4c(-n5c6ccccc6c6c(-c7ccccc7-c7ccccc7)cccc65)cccc43)cc2)cc1. The van der Waals surface area contributed by atoms with Crippen LogP contribution < -0.4 is 0 Å². The van der Waals surface area contributed by atoms with E-state index in [4.69, 9.17) is 0 Å². The van der Waals surface area contributed by atoms with Gasteiger partial charge >= 0.3 is 0 Å². The van der Waals surface area contributed by atoms with Crippen LogP contribution in [0.4, 0.5) is 0 Å². The van der Waals surface area contributed by atoms with Gasteiger partial charge in [-0.15, -0.1) is 0 Å². The summed E-state index contributed by atoms with van der Waals surface area (Å²) in [7, 11) is 0. The molecule has 234 valence electrons. The Morgan fingerprint density at radius 3 is 1.46 bits per heavy atom. The van der Waals surface area contributed by atoms with Crippen LogP contribution in [-0.4, -0.2) is 9.13 Å². The molecule has 8 aromatic carbocycles. The molecule has 50 heavy (non-hydrogen) atoms. The van der Waals surface area contributed by atoms with Crippen molar-refractivity contribution in [1.29, 1.82) is 0 Å². The fourth-order valence-electron chi connectivity index (χ4n) is 7.99. The third kappa shape index (κ3) is 4.36. The van der Waals surface area contributed by atoms with Crippen molar-refractivity contribution in [3.05, 3.63) is 194 Å². The highest BCUT2D eigenvalue weighted by Crippen LogP contribution is 2.44. The minimum absolute atomic E-state index is 1.15. The number of benzene rings is 8. The summed E-state index contributed by atoms with van der Waals surface area (Å²) in [6.07, 6.45) is 0. The fraction of sp³-hybridized carbons (Fsp3) is 0. The van der Waals surface area contributed by atoms with Gasteiger partial charge in [0.1, 0.15) is 0 Å². The van der Waals surface area contributed by atoms with Crippen molar-refractivity contribution < 1.29 is 0 Å². The monoisotopic (exact) mass is 636 g/mol. The predicted molar refractivity (Wildman–Crippen MR) is 211 cm³/mol. The van der Waals surface area contributed by atoms with E-state index in [-0.39, 0.29) is 0 Å². The number of hydrogen-bond donors (Lipinski definition) is 0. The predicted octanol–water partition coefficient (Wildman–Crippen LogP) is 12.9. The maximum absolute atomic E-state index is 2.48. The summed E-state index contributed by atoms with van der Waals surface area (Å²) < 4.78 is 4.90. The van der Waals surface area contributed by atoms with Crippen LogP contribution >= 0.6 is 0 Å². The fourth-order valence-corrected chi connectivity index (χ4v) is 7.99. The Hall–Kier alpha value is -6.64. The maximum Gasteiger partial charge on any atom is 0.0562 e. The van der Waals surface area contributed by atoms with Crippen LogP contribution in [0.3, 0.4) is 0 Å². The quantitative estimate of drug-likeness (QED) is 0.178. The van der Waals surface area contributed by atoms with Gasteiger partial charge in [-0.05, 0) is 75.8 Å². The van der Waals surface area contributed by atoms with Crippen molar-refractivity contribution in [2.45, 2.75) is 0 Å². The zero-order valence-electron chi connectivity index (χ0n) is 27.4. The summed E-state index contributed by atoms with van der Waals surface area (Å²) in [4.78, 5) is 0. The van der Waals surface area contributed by atoms with Gasteiger partial charge in [0.05, 0.1) is 27.8 Å². The molecule has 0 aliphatic carbocycles. The minimum Gasteiger partial charge on any atom is -0.309 e. The molecule has 0 radical (unpaired) electrons. The molecule has 0 atom stereocenters. The first kappa shape index (κ1) is 28.4. The Morgan fingerprint density at radius 1 is 0.260 bits per heavy atom. The Kier molecular flexibility index (Phi) is 6.53. The first-order valence-corrected chi connectivity index (χ1v) is 17.2. The van der Waals surface area contributed by atoms with Gasteiger partial charge in [-0.25, -0.2) is 0 Å². The lowest BCUT2D eigenvalue weighted by atomic mass is 9.92. The molecule has 0 unspecified atom stereocenters. The summed E-state index contributed by atoms with van der Waals surface area (Å²) in [5, 5.41) is 5.00. The molecule has 0 aliphatic heterocycles. The van der Waals surface area contributed by atoms with Crippen LogP contribution in [0, 0.1) is 0 Å². The minimum atomic E-state index is 1.15. The van der Waals surface area contributed by atoms with Crippen molar-refractivity contribution >= 4 is 43.6 Å². The van der Waals surface area contributed by atoms with E-state index >= 15 is 0 Å². The smallest absolute Gasteiger partial charge is 0.0562 e.